The van der Waals surface area contributed by atoms with Crippen LogP contribution in [0.1, 0.15) is 47.7 Å². The molecule has 2 atom stereocenters. The number of rotatable bonds is 7. The Morgan fingerprint density at radius 2 is 1.70 bits per heavy atom. The fourth-order valence-corrected chi connectivity index (χ4v) is 4.24. The van der Waals surface area contributed by atoms with Crippen LogP contribution < -0.4 is 24.4 Å². The Kier molecular flexibility index (Phi) is 7.68. The number of aryl methyl sites for hydroxylation is 1. The molecule has 2 amide bonds. The Morgan fingerprint density at radius 3 is 2.33 bits per heavy atom. The van der Waals surface area contributed by atoms with E-state index in [0.717, 1.165) is 11.1 Å². The van der Waals surface area contributed by atoms with Gasteiger partial charge in [-0.3, -0.25) is 9.69 Å². The fourth-order valence-electron chi connectivity index (χ4n) is 4.24. The molecule has 8 heteroatoms. The number of methoxy groups -OCH3 is 3. The molecule has 0 saturated carbocycles. The largest absolute Gasteiger partial charge is 0.496 e. The van der Waals surface area contributed by atoms with Crippen LogP contribution in [0.5, 0.6) is 17.2 Å². The highest BCUT2D eigenvalue weighted by molar-refractivity contribution is 5.95. The van der Waals surface area contributed by atoms with Gasteiger partial charge in [0.15, 0.2) is 11.5 Å². The van der Waals surface area contributed by atoms with E-state index in [0.29, 0.717) is 41.5 Å². The van der Waals surface area contributed by atoms with Crippen LogP contribution in [0.3, 0.4) is 0 Å². The normalized spacial score (nSPS) is 17.1. The van der Waals surface area contributed by atoms with E-state index in [4.69, 9.17) is 18.9 Å². The molecule has 0 aliphatic carbocycles. The van der Waals surface area contributed by atoms with Gasteiger partial charge in [0.2, 0.25) is 0 Å². The summed E-state index contributed by atoms with van der Waals surface area (Å²) in [5.41, 5.74) is 3.08. The van der Waals surface area contributed by atoms with Gasteiger partial charge in [-0.1, -0.05) is 6.07 Å². The lowest BCUT2D eigenvalue weighted by Gasteiger charge is -2.39. The van der Waals surface area contributed by atoms with Gasteiger partial charge in [-0.05, 0) is 56.5 Å². The van der Waals surface area contributed by atoms with E-state index < -0.39 is 6.09 Å². The predicted octanol–water partition coefficient (Wildman–Crippen LogP) is 4.29. The van der Waals surface area contributed by atoms with E-state index in [2.05, 4.69) is 5.32 Å². The van der Waals surface area contributed by atoms with Gasteiger partial charge in [-0.2, -0.15) is 0 Å². The molecule has 2 unspecified atom stereocenters. The molecular formula is C25H32N2O6. The molecule has 0 saturated heterocycles. The summed E-state index contributed by atoms with van der Waals surface area (Å²) in [4.78, 5) is 27.2. The number of ether oxygens (including phenoxy) is 4. The molecule has 178 valence electrons. The van der Waals surface area contributed by atoms with Crippen molar-refractivity contribution in [2.24, 2.45) is 0 Å². The molecule has 1 aliphatic rings. The molecular weight excluding hydrogens is 424 g/mol. The second kappa shape index (κ2) is 10.5. The van der Waals surface area contributed by atoms with E-state index >= 15 is 0 Å². The highest BCUT2D eigenvalue weighted by atomic mass is 16.6. The molecule has 0 bridgehead atoms. The lowest BCUT2D eigenvalue weighted by atomic mass is 9.85. The summed E-state index contributed by atoms with van der Waals surface area (Å²) < 4.78 is 21.6. The molecule has 1 N–H and O–H groups in total. The first-order chi connectivity index (χ1) is 15.8. The van der Waals surface area contributed by atoms with Gasteiger partial charge in [-0.15, -0.1) is 0 Å². The van der Waals surface area contributed by atoms with E-state index in [1.165, 1.54) is 0 Å². The molecule has 8 nitrogen and oxygen atoms in total. The number of fused-ring (bicyclic) bond motifs is 1. The van der Waals surface area contributed by atoms with Crippen molar-refractivity contribution in [3.8, 4) is 17.2 Å². The van der Waals surface area contributed by atoms with Crippen LogP contribution in [0.2, 0.25) is 0 Å². The van der Waals surface area contributed by atoms with Gasteiger partial charge in [0.25, 0.3) is 5.91 Å². The average Bonchev–Trinajstić information content (AvgIpc) is 2.81. The Morgan fingerprint density at radius 1 is 1.03 bits per heavy atom. The molecule has 2 aromatic rings. The van der Waals surface area contributed by atoms with Crippen LogP contribution >= 0.6 is 0 Å². The van der Waals surface area contributed by atoms with Gasteiger partial charge in [0, 0.05) is 30.1 Å². The number of hydrogen-bond donors (Lipinski definition) is 1. The van der Waals surface area contributed by atoms with E-state index in [9.17, 15) is 9.59 Å². The van der Waals surface area contributed by atoms with Gasteiger partial charge in [0.1, 0.15) is 5.75 Å². The van der Waals surface area contributed by atoms with Gasteiger partial charge < -0.3 is 24.3 Å². The van der Waals surface area contributed by atoms with Crippen molar-refractivity contribution < 1.29 is 28.5 Å². The summed E-state index contributed by atoms with van der Waals surface area (Å²) in [6.07, 6.45) is 0.242. The molecule has 0 fully saturated rings. The van der Waals surface area contributed by atoms with Crippen molar-refractivity contribution in [3.63, 3.8) is 0 Å². The number of nitrogens with zero attached hydrogens (tertiary/aromatic N) is 1. The lowest BCUT2D eigenvalue weighted by Crippen LogP contribution is -2.45. The third-order valence-corrected chi connectivity index (χ3v) is 5.94. The topological polar surface area (TPSA) is 86.3 Å². The third kappa shape index (κ3) is 4.99. The molecule has 33 heavy (non-hydrogen) atoms. The summed E-state index contributed by atoms with van der Waals surface area (Å²) in [6.45, 7) is 6.36. The third-order valence-electron chi connectivity index (χ3n) is 5.94. The van der Waals surface area contributed by atoms with Crippen molar-refractivity contribution in [3.05, 3.63) is 47.0 Å². The second-order valence-corrected chi connectivity index (χ2v) is 8.01. The van der Waals surface area contributed by atoms with E-state index in [-0.39, 0.29) is 24.5 Å². The summed E-state index contributed by atoms with van der Waals surface area (Å²) >= 11 is 0. The number of nitrogens with one attached hydrogen (secondary N) is 1. The quantitative estimate of drug-likeness (QED) is 0.669. The lowest BCUT2D eigenvalue weighted by molar-refractivity contribution is 0.0949. The first kappa shape index (κ1) is 24.2. The average molecular weight is 457 g/mol. The number of benzene rings is 2. The molecule has 1 aliphatic heterocycles. The first-order valence-electron chi connectivity index (χ1n) is 11.0. The van der Waals surface area contributed by atoms with Crippen molar-refractivity contribution in [1.29, 1.82) is 0 Å². The van der Waals surface area contributed by atoms with Gasteiger partial charge >= 0.3 is 6.09 Å². The highest BCUT2D eigenvalue weighted by Crippen LogP contribution is 2.44. The van der Waals surface area contributed by atoms with Crippen LogP contribution in [-0.2, 0) is 4.74 Å². The summed E-state index contributed by atoms with van der Waals surface area (Å²) in [6, 6.07) is 8.91. The molecule has 1 heterocycles. The van der Waals surface area contributed by atoms with Crippen molar-refractivity contribution in [1.82, 2.24) is 5.32 Å². The van der Waals surface area contributed by atoms with Crippen molar-refractivity contribution >= 4 is 17.7 Å². The number of anilines is 1. The summed E-state index contributed by atoms with van der Waals surface area (Å²) in [7, 11) is 4.71. The Balaban J connectivity index is 1.90. The fraction of sp³-hybridized carbons (Fsp3) is 0.440. The maximum atomic E-state index is 12.8. The Labute approximate surface area is 194 Å². The van der Waals surface area contributed by atoms with Crippen LogP contribution in [0, 0.1) is 6.92 Å². The van der Waals surface area contributed by atoms with Crippen LogP contribution in [0.15, 0.2) is 30.3 Å². The summed E-state index contributed by atoms with van der Waals surface area (Å²) in [5, 5.41) is 3.03. The summed E-state index contributed by atoms with van der Waals surface area (Å²) in [5.74, 6) is 1.54. The highest BCUT2D eigenvalue weighted by Gasteiger charge is 2.36. The molecule has 0 aromatic heterocycles. The van der Waals surface area contributed by atoms with Crippen molar-refractivity contribution in [2.75, 3.05) is 39.4 Å². The Bertz CT molecular complexity index is 1020. The monoisotopic (exact) mass is 456 g/mol. The number of carbonyl (C=O) groups excluding carboxylic acids is 2. The minimum atomic E-state index is -0.410. The number of amides is 2. The van der Waals surface area contributed by atoms with Crippen LogP contribution in [-0.4, -0.2) is 52.5 Å². The zero-order valence-electron chi connectivity index (χ0n) is 20.1. The van der Waals surface area contributed by atoms with Crippen LogP contribution in [0.4, 0.5) is 10.5 Å². The molecule has 0 spiro atoms. The second-order valence-electron chi connectivity index (χ2n) is 8.01. The minimum Gasteiger partial charge on any atom is -0.496 e. The molecule has 3 rings (SSSR count). The molecule has 2 aromatic carbocycles. The molecule has 0 radical (unpaired) electrons. The van der Waals surface area contributed by atoms with Gasteiger partial charge in [0.05, 0.1) is 33.6 Å². The number of carbonyl (C=O) groups is 2. The van der Waals surface area contributed by atoms with E-state index in [1.54, 1.807) is 51.4 Å². The zero-order chi connectivity index (χ0) is 24.1. The SMILES string of the molecule is CCOC(=O)N1c2cc(OC)c(OC)cc2C(CNC(=O)c2ccc(C)c(OC)c2)CC1C. The first-order valence-corrected chi connectivity index (χ1v) is 11.0. The van der Waals surface area contributed by atoms with Gasteiger partial charge in [-0.25, -0.2) is 4.79 Å². The van der Waals surface area contributed by atoms with E-state index in [1.807, 2.05) is 26.0 Å². The number of hydrogen-bond acceptors (Lipinski definition) is 6. The predicted molar refractivity (Wildman–Crippen MR) is 126 cm³/mol. The maximum absolute atomic E-state index is 12.8. The Hall–Kier alpha value is -3.42. The minimum absolute atomic E-state index is 0.0308. The maximum Gasteiger partial charge on any atom is 0.414 e. The zero-order valence-corrected chi connectivity index (χ0v) is 20.1. The van der Waals surface area contributed by atoms with Crippen LogP contribution in [0.25, 0.3) is 0 Å². The smallest absolute Gasteiger partial charge is 0.414 e. The standard InChI is InChI=1S/C25H32N2O6/c1-7-33-25(29)27-16(3)10-18(19-12-22(31-5)23(32-6)13-20(19)27)14-26-24(28)17-9-8-15(2)21(11-17)30-4/h8-9,11-13,16,18H,7,10,14H2,1-6H3,(H,26,28). The van der Waals surface area contributed by atoms with Crippen molar-refractivity contribution in [2.45, 2.75) is 39.2 Å².